The number of halogens is 6. The molecule has 3 aromatic rings. The summed E-state index contributed by atoms with van der Waals surface area (Å²) in [5, 5.41) is 0. The highest BCUT2D eigenvalue weighted by atomic mass is 19.4. The molecule has 230 valence electrons. The summed E-state index contributed by atoms with van der Waals surface area (Å²) in [4.78, 5) is 14.8. The van der Waals surface area contributed by atoms with Gasteiger partial charge in [0.05, 0.1) is 18.2 Å². The van der Waals surface area contributed by atoms with Crippen LogP contribution in [0.15, 0.2) is 48.5 Å². The van der Waals surface area contributed by atoms with Crippen LogP contribution in [0.25, 0.3) is 11.1 Å². The molecule has 0 N–H and O–H groups in total. The Labute approximate surface area is 246 Å². The average Bonchev–Trinajstić information content (AvgIpc) is 3.40. The van der Waals surface area contributed by atoms with Crippen molar-refractivity contribution in [2.45, 2.75) is 83.4 Å². The van der Waals surface area contributed by atoms with E-state index in [1.807, 2.05) is 12.1 Å². The van der Waals surface area contributed by atoms with Crippen molar-refractivity contribution in [3.8, 4) is 16.9 Å². The second-order valence-electron chi connectivity index (χ2n) is 11.7. The van der Waals surface area contributed by atoms with Crippen molar-refractivity contribution in [3.63, 3.8) is 0 Å². The number of carbonyl (C=O) groups is 1. The monoisotopic (exact) mass is 605 g/mol. The van der Waals surface area contributed by atoms with Crippen LogP contribution in [0.4, 0.5) is 31.1 Å². The molecular formula is C33H33F6NO3. The molecule has 1 saturated heterocycles. The molecule has 1 aliphatic carbocycles. The Morgan fingerprint density at radius 3 is 2.09 bits per heavy atom. The summed E-state index contributed by atoms with van der Waals surface area (Å²) in [7, 11) is 1.60. The van der Waals surface area contributed by atoms with E-state index in [9.17, 15) is 31.1 Å². The number of nitrogens with zero attached hydrogens (tertiary/aromatic N) is 1. The fraction of sp³-hybridized carbons (Fsp3) is 0.424. The number of hydrogen-bond acceptors (Lipinski definition) is 3. The molecule has 0 spiro atoms. The summed E-state index contributed by atoms with van der Waals surface area (Å²) in [5.74, 6) is 0.952. The third-order valence-corrected chi connectivity index (χ3v) is 8.39. The van der Waals surface area contributed by atoms with E-state index in [-0.39, 0.29) is 30.5 Å². The number of ether oxygens (including phenoxy) is 2. The average molecular weight is 606 g/mol. The van der Waals surface area contributed by atoms with Gasteiger partial charge in [0, 0.05) is 24.6 Å². The SMILES string of the molecule is COc1ccc(C(C)C)cc1-c1cc2c(cc1CN1C(=O)O[C@H](c3cc(C(F)(F)F)cc(C(F)(F)F)c3)C[C@@H]1C)CCC2. The Bertz CT molecular complexity index is 1500. The first-order chi connectivity index (χ1) is 20.2. The number of methoxy groups -OCH3 is 1. The molecule has 0 bridgehead atoms. The third-order valence-electron chi connectivity index (χ3n) is 8.39. The lowest BCUT2D eigenvalue weighted by Crippen LogP contribution is -2.44. The molecule has 0 unspecified atom stereocenters. The lowest BCUT2D eigenvalue weighted by Gasteiger charge is -2.38. The topological polar surface area (TPSA) is 38.8 Å². The molecule has 1 aliphatic heterocycles. The minimum absolute atomic E-state index is 0.0246. The maximum Gasteiger partial charge on any atom is 0.416 e. The van der Waals surface area contributed by atoms with Gasteiger partial charge >= 0.3 is 18.4 Å². The maximum atomic E-state index is 13.5. The van der Waals surface area contributed by atoms with Gasteiger partial charge < -0.3 is 14.4 Å². The smallest absolute Gasteiger partial charge is 0.416 e. The number of cyclic esters (lactones) is 1. The molecule has 2 aliphatic rings. The van der Waals surface area contributed by atoms with Crippen molar-refractivity contribution < 1.29 is 40.6 Å². The van der Waals surface area contributed by atoms with Crippen molar-refractivity contribution in [2.75, 3.05) is 7.11 Å². The lowest BCUT2D eigenvalue weighted by atomic mass is 9.90. The highest BCUT2D eigenvalue weighted by molar-refractivity contribution is 5.77. The number of alkyl halides is 6. The number of carbonyl (C=O) groups excluding carboxylic acids is 1. The van der Waals surface area contributed by atoms with Crippen molar-refractivity contribution in [3.05, 3.63) is 87.5 Å². The Hall–Kier alpha value is -3.69. The minimum Gasteiger partial charge on any atom is -0.496 e. The normalized spacial score (nSPS) is 19.0. The first-order valence-electron chi connectivity index (χ1n) is 14.2. The molecule has 5 rings (SSSR count). The molecule has 1 heterocycles. The van der Waals surface area contributed by atoms with Crippen LogP contribution in [0.5, 0.6) is 5.75 Å². The van der Waals surface area contributed by atoms with Gasteiger partial charge in [-0.3, -0.25) is 0 Å². The van der Waals surface area contributed by atoms with E-state index in [0.29, 0.717) is 17.9 Å². The van der Waals surface area contributed by atoms with Crippen LogP contribution in [0.2, 0.25) is 0 Å². The first-order valence-corrected chi connectivity index (χ1v) is 14.2. The second-order valence-corrected chi connectivity index (χ2v) is 11.7. The zero-order valence-electron chi connectivity index (χ0n) is 24.3. The molecule has 0 radical (unpaired) electrons. The molecule has 10 heteroatoms. The Morgan fingerprint density at radius 2 is 1.53 bits per heavy atom. The van der Waals surface area contributed by atoms with Crippen LogP contribution in [-0.2, 0) is 36.5 Å². The number of aryl methyl sites for hydroxylation is 2. The largest absolute Gasteiger partial charge is 0.496 e. The van der Waals surface area contributed by atoms with Crippen LogP contribution in [-0.4, -0.2) is 24.1 Å². The van der Waals surface area contributed by atoms with Crippen LogP contribution in [0.1, 0.15) is 84.6 Å². The van der Waals surface area contributed by atoms with Crippen LogP contribution in [0.3, 0.4) is 0 Å². The van der Waals surface area contributed by atoms with Crippen molar-refractivity contribution in [1.82, 2.24) is 4.90 Å². The summed E-state index contributed by atoms with van der Waals surface area (Å²) >= 11 is 0. The van der Waals surface area contributed by atoms with E-state index in [4.69, 9.17) is 9.47 Å². The molecule has 43 heavy (non-hydrogen) atoms. The van der Waals surface area contributed by atoms with Gasteiger partial charge in [-0.1, -0.05) is 32.0 Å². The molecule has 2 atom stereocenters. The van der Waals surface area contributed by atoms with Crippen LogP contribution >= 0.6 is 0 Å². The van der Waals surface area contributed by atoms with Gasteiger partial charge in [-0.2, -0.15) is 26.3 Å². The van der Waals surface area contributed by atoms with Gasteiger partial charge in [0.2, 0.25) is 0 Å². The maximum absolute atomic E-state index is 13.5. The van der Waals surface area contributed by atoms with Gasteiger partial charge in [0.15, 0.2) is 0 Å². The fourth-order valence-electron chi connectivity index (χ4n) is 5.98. The molecule has 3 aromatic carbocycles. The number of benzene rings is 3. The highest BCUT2D eigenvalue weighted by Gasteiger charge is 2.40. The summed E-state index contributed by atoms with van der Waals surface area (Å²) < 4.78 is 92.0. The number of fused-ring (bicyclic) bond motifs is 1. The van der Waals surface area contributed by atoms with E-state index >= 15 is 0 Å². The van der Waals surface area contributed by atoms with Crippen molar-refractivity contribution in [1.29, 1.82) is 0 Å². The number of rotatable bonds is 6. The molecular weight excluding hydrogens is 572 g/mol. The standard InChI is InChI=1S/C33H33F6NO3/c1-18(2)20-8-9-29(42-4)28(14-20)27-15-22-7-5-6-21(22)11-24(27)17-40-19(3)10-30(43-31(40)41)23-12-25(32(34,35)36)16-26(13-23)33(37,38)39/h8-9,11-16,18-19,30H,5-7,10,17H2,1-4H3/t19-,30-/m0/s1. The van der Waals surface area contributed by atoms with E-state index in [2.05, 4.69) is 32.0 Å². The first kappa shape index (κ1) is 30.8. The van der Waals surface area contributed by atoms with Gasteiger partial charge in [-0.25, -0.2) is 4.79 Å². The molecule has 0 aromatic heterocycles. The van der Waals surface area contributed by atoms with Crippen molar-refractivity contribution in [2.24, 2.45) is 0 Å². The summed E-state index contributed by atoms with van der Waals surface area (Å²) in [5.41, 5.74) is 2.99. The van der Waals surface area contributed by atoms with E-state index in [1.165, 1.54) is 16.0 Å². The quantitative estimate of drug-likeness (QED) is 0.263. The summed E-state index contributed by atoms with van der Waals surface area (Å²) in [6, 6.07) is 11.1. The van der Waals surface area contributed by atoms with E-state index < -0.39 is 41.7 Å². The summed E-state index contributed by atoms with van der Waals surface area (Å²) in [6.45, 7) is 6.07. The minimum atomic E-state index is -5.00. The van der Waals surface area contributed by atoms with Gasteiger partial charge in [0.1, 0.15) is 11.9 Å². The predicted molar refractivity (Wildman–Crippen MR) is 150 cm³/mol. The zero-order valence-corrected chi connectivity index (χ0v) is 24.3. The van der Waals surface area contributed by atoms with E-state index in [0.717, 1.165) is 41.5 Å². The van der Waals surface area contributed by atoms with Gasteiger partial charge in [-0.05, 0) is 95.8 Å². The van der Waals surface area contributed by atoms with Crippen LogP contribution in [0, 0.1) is 0 Å². The Kier molecular flexibility index (Phi) is 8.17. The zero-order chi connectivity index (χ0) is 31.3. The third kappa shape index (κ3) is 6.33. The van der Waals surface area contributed by atoms with Gasteiger partial charge in [-0.15, -0.1) is 0 Å². The fourth-order valence-corrected chi connectivity index (χ4v) is 5.98. The Morgan fingerprint density at radius 1 is 0.907 bits per heavy atom. The van der Waals surface area contributed by atoms with Crippen LogP contribution < -0.4 is 4.74 Å². The lowest BCUT2D eigenvalue weighted by molar-refractivity contribution is -0.143. The molecule has 1 fully saturated rings. The molecule has 4 nitrogen and oxygen atoms in total. The number of hydrogen-bond donors (Lipinski definition) is 0. The van der Waals surface area contributed by atoms with E-state index in [1.54, 1.807) is 14.0 Å². The molecule has 1 amide bonds. The Balaban J connectivity index is 1.49. The predicted octanol–water partition coefficient (Wildman–Crippen LogP) is 9.48. The second kappa shape index (κ2) is 11.4. The summed E-state index contributed by atoms with van der Waals surface area (Å²) in [6.07, 6.45) is -9.16. The highest BCUT2D eigenvalue weighted by Crippen LogP contribution is 2.42. The van der Waals surface area contributed by atoms with Crippen molar-refractivity contribution >= 4 is 6.09 Å². The number of amides is 1. The molecule has 0 saturated carbocycles. The van der Waals surface area contributed by atoms with Gasteiger partial charge in [0.25, 0.3) is 0 Å².